The van der Waals surface area contributed by atoms with E-state index < -0.39 is 0 Å². The van der Waals surface area contributed by atoms with Gasteiger partial charge in [0.25, 0.3) is 0 Å². The standard InChI is InChI=1S/C15H19NOS/c1-2-16-11-15(13-7-4-3-5-8-13)17-12-14-9-6-10-18-14/h3-10,15-16H,2,11-12H2,1H3. The first-order chi connectivity index (χ1) is 8.90. The van der Waals surface area contributed by atoms with Gasteiger partial charge in [-0.3, -0.25) is 0 Å². The maximum absolute atomic E-state index is 6.02. The molecule has 1 N–H and O–H groups in total. The molecule has 2 rings (SSSR count). The van der Waals surface area contributed by atoms with E-state index in [1.54, 1.807) is 11.3 Å². The van der Waals surface area contributed by atoms with E-state index in [2.05, 4.69) is 54.0 Å². The molecular formula is C15H19NOS. The predicted molar refractivity (Wildman–Crippen MR) is 76.8 cm³/mol. The average molecular weight is 261 g/mol. The van der Waals surface area contributed by atoms with Crippen LogP contribution < -0.4 is 5.32 Å². The lowest BCUT2D eigenvalue weighted by Gasteiger charge is -2.18. The van der Waals surface area contributed by atoms with Crippen LogP contribution in [0.1, 0.15) is 23.5 Å². The molecule has 2 nitrogen and oxygen atoms in total. The second-order valence-corrected chi connectivity index (χ2v) is 5.13. The second-order valence-electron chi connectivity index (χ2n) is 4.10. The van der Waals surface area contributed by atoms with Crippen LogP contribution in [0.4, 0.5) is 0 Å². The monoisotopic (exact) mass is 261 g/mol. The van der Waals surface area contributed by atoms with Gasteiger partial charge in [0, 0.05) is 11.4 Å². The van der Waals surface area contributed by atoms with Gasteiger partial charge in [-0.05, 0) is 23.6 Å². The Labute approximate surface area is 113 Å². The van der Waals surface area contributed by atoms with Crippen LogP contribution in [0.3, 0.4) is 0 Å². The Morgan fingerprint density at radius 1 is 1.17 bits per heavy atom. The predicted octanol–water partition coefficient (Wildman–Crippen LogP) is 3.62. The highest BCUT2D eigenvalue weighted by Gasteiger charge is 2.11. The van der Waals surface area contributed by atoms with Crippen LogP contribution in [0, 0.1) is 0 Å². The molecule has 0 amide bonds. The summed E-state index contributed by atoms with van der Waals surface area (Å²) >= 11 is 1.74. The van der Waals surface area contributed by atoms with Gasteiger partial charge in [0.05, 0.1) is 12.7 Å². The number of hydrogen-bond donors (Lipinski definition) is 1. The molecule has 96 valence electrons. The molecule has 0 bridgehead atoms. The fourth-order valence-corrected chi connectivity index (χ4v) is 2.42. The summed E-state index contributed by atoms with van der Waals surface area (Å²) in [4.78, 5) is 1.27. The molecule has 0 spiro atoms. The van der Waals surface area contributed by atoms with Gasteiger partial charge in [0.2, 0.25) is 0 Å². The van der Waals surface area contributed by atoms with Crippen LogP contribution >= 0.6 is 11.3 Å². The van der Waals surface area contributed by atoms with E-state index in [-0.39, 0.29) is 6.10 Å². The molecule has 3 heteroatoms. The molecule has 1 atom stereocenters. The van der Waals surface area contributed by atoms with Crippen molar-refractivity contribution in [3.63, 3.8) is 0 Å². The Hall–Kier alpha value is -1.16. The minimum Gasteiger partial charge on any atom is -0.367 e. The molecule has 0 radical (unpaired) electrons. The first kappa shape index (κ1) is 13.3. The van der Waals surface area contributed by atoms with E-state index in [1.807, 2.05) is 6.07 Å². The van der Waals surface area contributed by atoms with E-state index in [0.29, 0.717) is 6.61 Å². The molecule has 1 aromatic heterocycles. The van der Waals surface area contributed by atoms with Gasteiger partial charge in [-0.1, -0.05) is 43.3 Å². The molecule has 1 heterocycles. The topological polar surface area (TPSA) is 21.3 Å². The first-order valence-electron chi connectivity index (χ1n) is 6.29. The summed E-state index contributed by atoms with van der Waals surface area (Å²) in [7, 11) is 0. The van der Waals surface area contributed by atoms with Crippen LogP contribution in [0.2, 0.25) is 0 Å². The van der Waals surface area contributed by atoms with Crippen molar-refractivity contribution in [1.82, 2.24) is 5.32 Å². The van der Waals surface area contributed by atoms with Crippen molar-refractivity contribution in [3.8, 4) is 0 Å². The molecule has 0 fully saturated rings. The number of nitrogens with one attached hydrogen (secondary N) is 1. The van der Waals surface area contributed by atoms with Crippen LogP contribution in [0.25, 0.3) is 0 Å². The Bertz CT molecular complexity index is 427. The Balaban J connectivity index is 1.96. The first-order valence-corrected chi connectivity index (χ1v) is 7.17. The lowest BCUT2D eigenvalue weighted by molar-refractivity contribution is 0.0417. The normalized spacial score (nSPS) is 12.5. The highest BCUT2D eigenvalue weighted by molar-refractivity contribution is 7.09. The molecule has 1 unspecified atom stereocenters. The fraction of sp³-hybridized carbons (Fsp3) is 0.333. The molecule has 0 saturated carbocycles. The van der Waals surface area contributed by atoms with Gasteiger partial charge in [0.15, 0.2) is 0 Å². The zero-order valence-electron chi connectivity index (χ0n) is 10.6. The summed E-state index contributed by atoms with van der Waals surface area (Å²) in [5.41, 5.74) is 1.23. The van der Waals surface area contributed by atoms with Gasteiger partial charge in [-0.2, -0.15) is 0 Å². The minimum absolute atomic E-state index is 0.119. The van der Waals surface area contributed by atoms with Crippen LogP contribution in [0.5, 0.6) is 0 Å². The van der Waals surface area contributed by atoms with Crippen molar-refractivity contribution in [2.45, 2.75) is 19.6 Å². The van der Waals surface area contributed by atoms with Crippen molar-refractivity contribution in [2.75, 3.05) is 13.1 Å². The number of likely N-dealkylation sites (N-methyl/N-ethyl adjacent to an activating group) is 1. The summed E-state index contributed by atoms with van der Waals surface area (Å²) < 4.78 is 6.02. The number of ether oxygens (including phenoxy) is 1. The summed E-state index contributed by atoms with van der Waals surface area (Å²) in [6, 6.07) is 14.6. The lowest BCUT2D eigenvalue weighted by atomic mass is 10.1. The third-order valence-corrected chi connectivity index (χ3v) is 3.61. The lowest BCUT2D eigenvalue weighted by Crippen LogP contribution is -2.23. The number of thiophene rings is 1. The van der Waals surface area contributed by atoms with Crippen molar-refractivity contribution in [2.24, 2.45) is 0 Å². The molecule has 2 aromatic rings. The highest BCUT2D eigenvalue weighted by Crippen LogP contribution is 2.20. The van der Waals surface area contributed by atoms with Crippen LogP contribution in [0.15, 0.2) is 47.8 Å². The highest BCUT2D eigenvalue weighted by atomic mass is 32.1. The number of hydrogen-bond acceptors (Lipinski definition) is 3. The SMILES string of the molecule is CCNCC(OCc1cccs1)c1ccccc1. The maximum atomic E-state index is 6.02. The van der Waals surface area contributed by atoms with E-state index in [4.69, 9.17) is 4.74 Å². The van der Waals surface area contributed by atoms with E-state index >= 15 is 0 Å². The quantitative estimate of drug-likeness (QED) is 0.822. The molecule has 0 aliphatic rings. The number of benzene rings is 1. The largest absolute Gasteiger partial charge is 0.367 e. The van der Waals surface area contributed by atoms with Gasteiger partial charge in [0.1, 0.15) is 0 Å². The Morgan fingerprint density at radius 3 is 2.67 bits per heavy atom. The van der Waals surface area contributed by atoms with Crippen molar-refractivity contribution < 1.29 is 4.74 Å². The third kappa shape index (κ3) is 3.95. The zero-order valence-corrected chi connectivity index (χ0v) is 11.5. The molecule has 0 aliphatic carbocycles. The molecule has 0 aliphatic heterocycles. The maximum Gasteiger partial charge on any atom is 0.0954 e. The number of rotatable bonds is 7. The van der Waals surface area contributed by atoms with E-state index in [1.165, 1.54) is 10.4 Å². The average Bonchev–Trinajstić information content (AvgIpc) is 2.93. The van der Waals surface area contributed by atoms with Gasteiger partial charge >= 0.3 is 0 Å². The van der Waals surface area contributed by atoms with Crippen molar-refractivity contribution in [1.29, 1.82) is 0 Å². The second kappa shape index (κ2) is 7.31. The van der Waals surface area contributed by atoms with Gasteiger partial charge < -0.3 is 10.1 Å². The smallest absolute Gasteiger partial charge is 0.0954 e. The summed E-state index contributed by atoms with van der Waals surface area (Å²) in [6.45, 7) is 4.61. The third-order valence-electron chi connectivity index (χ3n) is 2.76. The summed E-state index contributed by atoms with van der Waals surface area (Å²) in [6.07, 6.45) is 0.119. The van der Waals surface area contributed by atoms with Crippen molar-refractivity contribution in [3.05, 3.63) is 58.3 Å². The fourth-order valence-electron chi connectivity index (χ4n) is 1.79. The molecule has 18 heavy (non-hydrogen) atoms. The zero-order chi connectivity index (χ0) is 12.6. The van der Waals surface area contributed by atoms with E-state index in [9.17, 15) is 0 Å². The Morgan fingerprint density at radius 2 is 2.00 bits per heavy atom. The summed E-state index contributed by atoms with van der Waals surface area (Å²) in [5.74, 6) is 0. The molecule has 0 saturated heterocycles. The van der Waals surface area contributed by atoms with Gasteiger partial charge in [-0.15, -0.1) is 11.3 Å². The van der Waals surface area contributed by atoms with E-state index in [0.717, 1.165) is 13.1 Å². The Kier molecular flexibility index (Phi) is 5.39. The molecular weight excluding hydrogens is 242 g/mol. The van der Waals surface area contributed by atoms with Crippen LogP contribution in [-0.4, -0.2) is 13.1 Å². The minimum atomic E-state index is 0.119. The summed E-state index contributed by atoms with van der Waals surface area (Å²) in [5, 5.41) is 5.44. The van der Waals surface area contributed by atoms with Crippen molar-refractivity contribution >= 4 is 11.3 Å². The van der Waals surface area contributed by atoms with Crippen LogP contribution in [-0.2, 0) is 11.3 Å². The van der Waals surface area contributed by atoms with Gasteiger partial charge in [-0.25, -0.2) is 0 Å². The molecule has 1 aromatic carbocycles.